The summed E-state index contributed by atoms with van der Waals surface area (Å²) in [6.45, 7) is 1.23. The Kier molecular flexibility index (Phi) is 4.75. The summed E-state index contributed by atoms with van der Waals surface area (Å²) in [7, 11) is -3.08. The average molecular weight is 354 g/mol. The van der Waals surface area contributed by atoms with Gasteiger partial charge < -0.3 is 19.6 Å². The van der Waals surface area contributed by atoms with E-state index in [9.17, 15) is 8.42 Å². The van der Waals surface area contributed by atoms with Gasteiger partial charge in [0.2, 0.25) is 5.89 Å². The summed E-state index contributed by atoms with van der Waals surface area (Å²) in [6, 6.07) is 3.31. The van der Waals surface area contributed by atoms with Crippen molar-refractivity contribution in [3.63, 3.8) is 0 Å². The Morgan fingerprint density at radius 3 is 2.62 bits per heavy atom. The number of nitrogens with zero attached hydrogens (tertiary/aromatic N) is 3. The van der Waals surface area contributed by atoms with E-state index in [1.54, 1.807) is 0 Å². The molecule has 0 spiro atoms. The van der Waals surface area contributed by atoms with Gasteiger partial charge >= 0.3 is 0 Å². The largest absolute Gasteiger partial charge is 0.381 e. The van der Waals surface area contributed by atoms with E-state index >= 15 is 0 Å². The van der Waals surface area contributed by atoms with E-state index in [0.717, 1.165) is 12.8 Å². The van der Waals surface area contributed by atoms with E-state index in [4.69, 9.17) is 15.0 Å². The van der Waals surface area contributed by atoms with E-state index in [-0.39, 0.29) is 18.1 Å². The molecule has 2 aromatic rings. The first-order chi connectivity index (χ1) is 11.4. The van der Waals surface area contributed by atoms with Crippen molar-refractivity contribution in [2.75, 3.05) is 25.2 Å². The van der Waals surface area contributed by atoms with Gasteiger partial charge in [0.05, 0.1) is 11.8 Å². The van der Waals surface area contributed by atoms with Crippen molar-refractivity contribution in [2.24, 2.45) is 5.73 Å². The smallest absolute Gasteiger partial charge is 0.243 e. The van der Waals surface area contributed by atoms with Gasteiger partial charge in [-0.15, -0.1) is 0 Å². The Balaban J connectivity index is 1.84. The second-order valence-electron chi connectivity index (χ2n) is 6.22. The Bertz CT molecular complexity index is 763. The molecule has 3 rings (SSSR count). The van der Waals surface area contributed by atoms with Crippen molar-refractivity contribution in [1.82, 2.24) is 14.7 Å². The molecule has 0 bridgehead atoms. The lowest BCUT2D eigenvalue weighted by Crippen LogP contribution is -2.41. The summed E-state index contributed by atoms with van der Waals surface area (Å²) < 4.78 is 35.5. The third-order valence-corrected chi connectivity index (χ3v) is 5.37. The minimum atomic E-state index is -3.08. The number of sulfone groups is 1. The maximum atomic E-state index is 11.3. The highest BCUT2D eigenvalue weighted by atomic mass is 32.2. The van der Waals surface area contributed by atoms with Crippen LogP contribution in [0.3, 0.4) is 0 Å². The summed E-state index contributed by atoms with van der Waals surface area (Å²) in [6.07, 6.45) is 6.86. The molecule has 3 heterocycles. The van der Waals surface area contributed by atoms with Gasteiger partial charge in [0.25, 0.3) is 0 Å². The van der Waals surface area contributed by atoms with Gasteiger partial charge in [-0.1, -0.05) is 5.16 Å². The van der Waals surface area contributed by atoms with E-state index < -0.39 is 21.4 Å². The molecule has 1 fully saturated rings. The molecular weight excluding hydrogens is 332 g/mol. The summed E-state index contributed by atoms with van der Waals surface area (Å²) in [4.78, 5) is 4.49. The molecule has 0 aromatic carbocycles. The normalized spacial score (nSPS) is 19.2. The third-order valence-electron chi connectivity index (χ3n) is 4.39. The zero-order chi connectivity index (χ0) is 17.2. The molecule has 0 aliphatic carbocycles. The Hall–Kier alpha value is -1.71. The topological polar surface area (TPSA) is 113 Å². The quantitative estimate of drug-likeness (QED) is 0.818. The molecule has 24 heavy (non-hydrogen) atoms. The predicted octanol–water partition coefficient (Wildman–Crippen LogP) is 0.860. The molecule has 132 valence electrons. The van der Waals surface area contributed by atoms with Gasteiger partial charge in [-0.25, -0.2) is 8.42 Å². The monoisotopic (exact) mass is 354 g/mol. The van der Waals surface area contributed by atoms with Gasteiger partial charge in [-0.3, -0.25) is 0 Å². The summed E-state index contributed by atoms with van der Waals surface area (Å²) in [5.41, 5.74) is 5.60. The molecule has 0 saturated carbocycles. The van der Waals surface area contributed by atoms with Gasteiger partial charge in [0.1, 0.15) is 15.4 Å². The van der Waals surface area contributed by atoms with E-state index in [1.807, 2.05) is 24.5 Å². The zero-order valence-electron chi connectivity index (χ0n) is 13.6. The Morgan fingerprint density at radius 1 is 1.33 bits per heavy atom. The molecule has 0 amide bonds. The van der Waals surface area contributed by atoms with Crippen LogP contribution in [0, 0.1) is 0 Å². The first-order valence-corrected chi connectivity index (χ1v) is 9.95. The van der Waals surface area contributed by atoms with Crippen LogP contribution in [0.25, 0.3) is 0 Å². The molecule has 2 aromatic heterocycles. The fraction of sp³-hybridized carbons (Fsp3) is 0.600. The van der Waals surface area contributed by atoms with Crippen LogP contribution in [0.1, 0.15) is 37.0 Å². The van der Waals surface area contributed by atoms with Crippen molar-refractivity contribution in [3.05, 3.63) is 36.2 Å². The molecule has 9 heteroatoms. The lowest BCUT2D eigenvalue weighted by Gasteiger charge is -2.35. The van der Waals surface area contributed by atoms with Crippen LogP contribution >= 0.6 is 0 Å². The van der Waals surface area contributed by atoms with Crippen molar-refractivity contribution in [2.45, 2.75) is 30.8 Å². The van der Waals surface area contributed by atoms with Crippen LogP contribution < -0.4 is 5.73 Å². The maximum absolute atomic E-state index is 11.3. The van der Waals surface area contributed by atoms with Gasteiger partial charge in [0, 0.05) is 44.7 Å². The minimum Gasteiger partial charge on any atom is -0.381 e. The first kappa shape index (κ1) is 17.1. The minimum absolute atomic E-state index is 0.0114. The van der Waals surface area contributed by atoms with Crippen molar-refractivity contribution in [1.29, 1.82) is 0 Å². The van der Waals surface area contributed by atoms with Crippen molar-refractivity contribution < 1.29 is 17.7 Å². The highest BCUT2D eigenvalue weighted by molar-refractivity contribution is 7.90. The molecule has 1 atom stereocenters. The molecular formula is C15H22N4O4S. The number of hydrogen-bond donors (Lipinski definition) is 1. The first-order valence-electron chi connectivity index (χ1n) is 7.89. The average Bonchev–Trinajstić information content (AvgIpc) is 3.24. The fourth-order valence-corrected chi connectivity index (χ4v) is 3.65. The molecule has 0 unspecified atom stereocenters. The molecule has 2 N–H and O–H groups in total. The molecule has 8 nitrogen and oxygen atoms in total. The molecule has 1 aliphatic heterocycles. The number of nitrogens with two attached hydrogens (primary N) is 1. The molecule has 0 radical (unpaired) electrons. The zero-order valence-corrected chi connectivity index (χ0v) is 14.4. The van der Waals surface area contributed by atoms with Crippen LogP contribution in [0.4, 0.5) is 0 Å². The van der Waals surface area contributed by atoms with Gasteiger partial charge in [-0.2, -0.15) is 4.98 Å². The standard InChI is InChI=1S/C15H22N4O4S/c1-24(20,21)11-4-12(16)13-17-14(18-23-13)15(5-9-22-10-6-15)19-7-2-3-8-19/h2-3,7-8,12H,4-6,9-11,16H2,1H3/t12-/m1/s1. The summed E-state index contributed by atoms with van der Waals surface area (Å²) >= 11 is 0. The molecule has 1 saturated heterocycles. The fourth-order valence-electron chi connectivity index (χ4n) is 2.97. The summed E-state index contributed by atoms with van der Waals surface area (Å²) in [5.74, 6) is 0.820. The highest BCUT2D eigenvalue weighted by Gasteiger charge is 2.40. The van der Waals surface area contributed by atoms with Crippen LogP contribution in [-0.2, 0) is 20.1 Å². The number of ether oxygens (including phenoxy) is 1. The van der Waals surface area contributed by atoms with E-state index in [2.05, 4.69) is 14.7 Å². The summed E-state index contributed by atoms with van der Waals surface area (Å²) in [5, 5.41) is 4.14. The second kappa shape index (κ2) is 6.66. The number of hydrogen-bond acceptors (Lipinski definition) is 7. The van der Waals surface area contributed by atoms with Crippen LogP contribution in [-0.4, -0.2) is 48.3 Å². The van der Waals surface area contributed by atoms with Crippen molar-refractivity contribution in [3.8, 4) is 0 Å². The Morgan fingerprint density at radius 2 is 2.00 bits per heavy atom. The maximum Gasteiger partial charge on any atom is 0.243 e. The van der Waals surface area contributed by atoms with Gasteiger partial charge in [0.15, 0.2) is 5.82 Å². The van der Waals surface area contributed by atoms with Crippen LogP contribution in [0.2, 0.25) is 0 Å². The second-order valence-corrected chi connectivity index (χ2v) is 8.48. The van der Waals surface area contributed by atoms with Crippen LogP contribution in [0.15, 0.2) is 29.0 Å². The van der Waals surface area contributed by atoms with Crippen molar-refractivity contribution >= 4 is 9.84 Å². The number of aromatic nitrogens is 3. The lowest BCUT2D eigenvalue weighted by molar-refractivity contribution is 0.0344. The van der Waals surface area contributed by atoms with E-state index in [1.165, 1.54) is 6.26 Å². The van der Waals surface area contributed by atoms with Gasteiger partial charge in [-0.05, 0) is 18.6 Å². The lowest BCUT2D eigenvalue weighted by atomic mass is 9.89. The van der Waals surface area contributed by atoms with Crippen LogP contribution in [0.5, 0.6) is 0 Å². The number of rotatable bonds is 6. The predicted molar refractivity (Wildman–Crippen MR) is 87.1 cm³/mol. The van der Waals surface area contributed by atoms with E-state index in [0.29, 0.717) is 19.0 Å². The third kappa shape index (κ3) is 3.52. The Labute approximate surface area is 140 Å². The highest BCUT2D eigenvalue weighted by Crippen LogP contribution is 2.35. The SMILES string of the molecule is CS(=O)(=O)CC[C@@H](N)c1nc(C2(n3cccc3)CCOCC2)no1. The molecule has 1 aliphatic rings.